The fourth-order valence-electron chi connectivity index (χ4n) is 1.59. The van der Waals surface area contributed by atoms with Gasteiger partial charge in [-0.3, -0.25) is 0 Å². The lowest BCUT2D eigenvalue weighted by Crippen LogP contribution is -2.18. The summed E-state index contributed by atoms with van der Waals surface area (Å²) in [4.78, 5) is 2.09. The Labute approximate surface area is 111 Å². The van der Waals surface area contributed by atoms with Gasteiger partial charge in [0.25, 0.3) is 0 Å². The largest absolute Gasteiger partial charge is 0.387 e. The fraction of sp³-hybridized carbons (Fsp3) is 0.273. The van der Waals surface area contributed by atoms with Gasteiger partial charge in [-0.25, -0.2) is 0 Å². The highest BCUT2D eigenvalue weighted by atomic mass is 79.9. The molecule has 5 heteroatoms. The summed E-state index contributed by atoms with van der Waals surface area (Å²) in [6, 6.07) is 7.90. The second-order valence-electron chi connectivity index (χ2n) is 3.44. The molecule has 3 N–H and O–H groups in total. The van der Waals surface area contributed by atoms with Crippen LogP contribution >= 0.6 is 38.6 Å². The van der Waals surface area contributed by atoms with Crippen LogP contribution in [0.3, 0.4) is 0 Å². The molecule has 0 aromatic carbocycles. The van der Waals surface area contributed by atoms with Crippen LogP contribution in [0.4, 0.5) is 0 Å². The molecule has 0 saturated heterocycles. The number of hydrogen-bond donors (Lipinski definition) is 2. The summed E-state index contributed by atoms with van der Waals surface area (Å²) in [6.45, 7) is 0.456. The lowest BCUT2D eigenvalue weighted by Gasteiger charge is -2.18. The molecule has 0 fully saturated rings. The Morgan fingerprint density at radius 1 is 1.31 bits per heavy atom. The van der Waals surface area contributed by atoms with Gasteiger partial charge < -0.3 is 10.8 Å². The predicted molar refractivity (Wildman–Crippen MR) is 73.1 cm³/mol. The summed E-state index contributed by atoms with van der Waals surface area (Å²) in [6.07, 6.45) is -0.514. The number of aliphatic hydroxyl groups excluding tert-OH is 1. The molecule has 0 amide bonds. The third-order valence-corrected chi connectivity index (χ3v) is 5.13. The van der Waals surface area contributed by atoms with E-state index in [1.165, 1.54) is 0 Å². The second kappa shape index (κ2) is 5.42. The van der Waals surface area contributed by atoms with Gasteiger partial charge in [-0.15, -0.1) is 22.7 Å². The van der Waals surface area contributed by atoms with Crippen molar-refractivity contribution in [2.24, 2.45) is 5.73 Å². The molecule has 2 atom stereocenters. The molecular weight excluding hydrogens is 306 g/mol. The van der Waals surface area contributed by atoms with E-state index in [9.17, 15) is 5.11 Å². The first-order chi connectivity index (χ1) is 7.72. The van der Waals surface area contributed by atoms with Crippen molar-refractivity contribution in [3.05, 3.63) is 43.2 Å². The average molecular weight is 318 g/mol. The zero-order valence-electron chi connectivity index (χ0n) is 8.47. The van der Waals surface area contributed by atoms with Gasteiger partial charge in [0.15, 0.2) is 0 Å². The van der Waals surface area contributed by atoms with Crippen molar-refractivity contribution in [3.8, 4) is 0 Å². The molecular formula is C11H12BrNOS2. The van der Waals surface area contributed by atoms with Crippen LogP contribution in [-0.2, 0) is 0 Å². The smallest absolute Gasteiger partial charge is 0.0970 e. The molecule has 86 valence electrons. The van der Waals surface area contributed by atoms with Crippen LogP contribution < -0.4 is 5.73 Å². The van der Waals surface area contributed by atoms with Crippen LogP contribution in [0, 0.1) is 0 Å². The number of aliphatic hydroxyl groups is 1. The van der Waals surface area contributed by atoms with Gasteiger partial charge >= 0.3 is 0 Å². The van der Waals surface area contributed by atoms with Gasteiger partial charge in [0.2, 0.25) is 0 Å². The predicted octanol–water partition coefficient (Wildman–Crippen LogP) is 3.35. The summed E-state index contributed by atoms with van der Waals surface area (Å²) >= 11 is 6.59. The number of hydrogen-bond acceptors (Lipinski definition) is 4. The van der Waals surface area contributed by atoms with Crippen molar-refractivity contribution < 1.29 is 5.11 Å². The molecule has 0 aliphatic heterocycles. The van der Waals surface area contributed by atoms with E-state index in [0.717, 1.165) is 13.5 Å². The molecule has 0 radical (unpaired) electrons. The maximum atomic E-state index is 10.3. The summed E-state index contributed by atoms with van der Waals surface area (Å²) in [5, 5.41) is 12.3. The van der Waals surface area contributed by atoms with E-state index in [-0.39, 0.29) is 5.92 Å². The highest BCUT2D eigenvalue weighted by Crippen LogP contribution is 2.37. The number of rotatable bonds is 4. The quantitative estimate of drug-likeness (QED) is 0.908. The van der Waals surface area contributed by atoms with Crippen molar-refractivity contribution in [2.45, 2.75) is 12.0 Å². The van der Waals surface area contributed by atoms with E-state index < -0.39 is 6.10 Å². The molecule has 2 nitrogen and oxygen atoms in total. The van der Waals surface area contributed by atoms with E-state index in [1.54, 1.807) is 22.7 Å². The van der Waals surface area contributed by atoms with Crippen molar-refractivity contribution in [1.82, 2.24) is 0 Å². The Balaban J connectivity index is 2.22. The fourth-order valence-corrected chi connectivity index (χ4v) is 3.93. The minimum Gasteiger partial charge on any atom is -0.387 e. The second-order valence-corrected chi connectivity index (χ2v) is 6.92. The highest BCUT2D eigenvalue weighted by molar-refractivity contribution is 9.11. The highest BCUT2D eigenvalue weighted by Gasteiger charge is 2.23. The zero-order valence-corrected chi connectivity index (χ0v) is 11.7. The Kier molecular flexibility index (Phi) is 4.16. The lowest BCUT2D eigenvalue weighted by atomic mass is 9.99. The van der Waals surface area contributed by atoms with Crippen molar-refractivity contribution in [1.29, 1.82) is 0 Å². The maximum absolute atomic E-state index is 10.3. The standard InChI is InChI=1S/C11H12BrNOS2/c12-10-4-3-9(16-10)11(14)7(6-13)8-2-1-5-15-8/h1-5,7,11,14H,6,13H2. The van der Waals surface area contributed by atoms with Gasteiger partial charge in [-0.2, -0.15) is 0 Å². The van der Waals surface area contributed by atoms with E-state index >= 15 is 0 Å². The Morgan fingerprint density at radius 3 is 2.62 bits per heavy atom. The molecule has 2 aromatic heterocycles. The molecule has 2 unspecified atom stereocenters. The molecule has 0 aliphatic carbocycles. The van der Waals surface area contributed by atoms with E-state index in [4.69, 9.17) is 5.73 Å². The minimum atomic E-state index is -0.514. The normalized spacial score (nSPS) is 14.9. The van der Waals surface area contributed by atoms with Crippen LogP contribution in [0.25, 0.3) is 0 Å². The van der Waals surface area contributed by atoms with Crippen molar-refractivity contribution in [3.63, 3.8) is 0 Å². The Morgan fingerprint density at radius 2 is 2.12 bits per heavy atom. The van der Waals surface area contributed by atoms with E-state index in [1.807, 2.05) is 29.6 Å². The first-order valence-corrected chi connectivity index (χ1v) is 7.38. The van der Waals surface area contributed by atoms with Crippen LogP contribution in [0.5, 0.6) is 0 Å². The minimum absolute atomic E-state index is 0.00875. The molecule has 0 aliphatic rings. The third-order valence-electron chi connectivity index (χ3n) is 2.43. The van der Waals surface area contributed by atoms with Gasteiger partial charge in [0, 0.05) is 22.2 Å². The summed E-state index contributed by atoms with van der Waals surface area (Å²) in [7, 11) is 0. The monoisotopic (exact) mass is 317 g/mol. The summed E-state index contributed by atoms with van der Waals surface area (Å²) < 4.78 is 1.03. The zero-order chi connectivity index (χ0) is 11.5. The van der Waals surface area contributed by atoms with Crippen LogP contribution in [-0.4, -0.2) is 11.7 Å². The van der Waals surface area contributed by atoms with Gasteiger partial charge in [0.1, 0.15) is 0 Å². The number of thiophene rings is 2. The van der Waals surface area contributed by atoms with Gasteiger partial charge in [-0.1, -0.05) is 6.07 Å². The molecule has 16 heavy (non-hydrogen) atoms. The number of nitrogens with two attached hydrogens (primary N) is 1. The molecule has 2 heterocycles. The molecule has 0 saturated carbocycles. The summed E-state index contributed by atoms with van der Waals surface area (Å²) in [5.74, 6) is -0.00875. The maximum Gasteiger partial charge on any atom is 0.0970 e. The Bertz CT molecular complexity index is 441. The van der Waals surface area contributed by atoms with Crippen LogP contribution in [0.2, 0.25) is 0 Å². The molecule has 2 rings (SSSR count). The molecule has 2 aromatic rings. The average Bonchev–Trinajstić information content (AvgIpc) is 2.90. The lowest BCUT2D eigenvalue weighted by molar-refractivity contribution is 0.152. The van der Waals surface area contributed by atoms with E-state index in [0.29, 0.717) is 6.54 Å². The third kappa shape index (κ3) is 2.55. The van der Waals surface area contributed by atoms with Gasteiger partial charge in [-0.05, 0) is 39.5 Å². The topological polar surface area (TPSA) is 46.2 Å². The van der Waals surface area contributed by atoms with E-state index in [2.05, 4.69) is 15.9 Å². The van der Waals surface area contributed by atoms with Crippen molar-refractivity contribution >= 4 is 38.6 Å². The first kappa shape index (κ1) is 12.3. The van der Waals surface area contributed by atoms with Crippen LogP contribution in [0.1, 0.15) is 21.8 Å². The molecule has 0 bridgehead atoms. The SMILES string of the molecule is NCC(c1cccs1)C(O)c1ccc(Br)s1. The first-order valence-electron chi connectivity index (χ1n) is 4.89. The Hall–Kier alpha value is -0.200. The molecule has 0 spiro atoms. The van der Waals surface area contributed by atoms with Crippen molar-refractivity contribution in [2.75, 3.05) is 6.54 Å². The van der Waals surface area contributed by atoms with Gasteiger partial charge in [0.05, 0.1) is 9.89 Å². The number of halogens is 1. The summed E-state index contributed by atoms with van der Waals surface area (Å²) in [5.41, 5.74) is 5.75. The van der Waals surface area contributed by atoms with Crippen LogP contribution in [0.15, 0.2) is 33.4 Å².